The van der Waals surface area contributed by atoms with Crippen LogP contribution in [0.3, 0.4) is 0 Å². The number of carbonyl (C=O) groups is 1. The van der Waals surface area contributed by atoms with Crippen molar-refractivity contribution in [2.45, 2.75) is 19.4 Å². The maximum absolute atomic E-state index is 11.8. The third-order valence-corrected chi connectivity index (χ3v) is 2.62. The minimum Gasteiger partial charge on any atom is -0.508 e. The highest BCUT2D eigenvalue weighted by atomic mass is 16.3. The molecule has 5 nitrogen and oxygen atoms in total. The predicted molar refractivity (Wildman–Crippen MR) is 71.0 cm³/mol. The molecule has 0 aliphatic carbocycles. The van der Waals surface area contributed by atoms with Crippen LogP contribution in [0.15, 0.2) is 29.8 Å². The van der Waals surface area contributed by atoms with Crippen LogP contribution in [0.4, 0.5) is 0 Å². The van der Waals surface area contributed by atoms with Crippen molar-refractivity contribution in [1.82, 2.24) is 5.32 Å². The van der Waals surface area contributed by atoms with E-state index in [1.807, 2.05) is 13.0 Å². The monoisotopic (exact) mass is 260 g/mol. The van der Waals surface area contributed by atoms with Crippen molar-refractivity contribution < 1.29 is 15.0 Å². The Morgan fingerprint density at radius 1 is 1.47 bits per heavy atom. The minimum atomic E-state index is -0.517. The molecule has 0 aliphatic heterocycles. The SMILES string of the molecule is CCC(CO)NC(=O)/C(C#N)=C/c1ccc(O)cc1. The molecule has 0 saturated heterocycles. The summed E-state index contributed by atoms with van der Waals surface area (Å²) in [5.74, 6) is -0.400. The van der Waals surface area contributed by atoms with Crippen LogP contribution in [-0.2, 0) is 4.79 Å². The molecule has 19 heavy (non-hydrogen) atoms. The van der Waals surface area contributed by atoms with E-state index in [-0.39, 0.29) is 24.0 Å². The first-order chi connectivity index (χ1) is 9.10. The number of aliphatic hydroxyl groups is 1. The van der Waals surface area contributed by atoms with E-state index in [0.29, 0.717) is 12.0 Å². The van der Waals surface area contributed by atoms with Gasteiger partial charge in [0.05, 0.1) is 12.6 Å². The summed E-state index contributed by atoms with van der Waals surface area (Å²) in [5, 5.41) is 29.7. The van der Waals surface area contributed by atoms with Gasteiger partial charge in [-0.1, -0.05) is 19.1 Å². The summed E-state index contributed by atoms with van der Waals surface area (Å²) in [5.41, 5.74) is 0.596. The smallest absolute Gasteiger partial charge is 0.262 e. The summed E-state index contributed by atoms with van der Waals surface area (Å²) >= 11 is 0. The van der Waals surface area contributed by atoms with Gasteiger partial charge in [0, 0.05) is 0 Å². The molecular formula is C14H16N2O3. The maximum Gasteiger partial charge on any atom is 0.262 e. The predicted octanol–water partition coefficient (Wildman–Crippen LogP) is 1.19. The van der Waals surface area contributed by atoms with Crippen LogP contribution in [0, 0.1) is 11.3 Å². The number of carbonyl (C=O) groups excluding carboxylic acids is 1. The van der Waals surface area contributed by atoms with Crippen LogP contribution in [0.1, 0.15) is 18.9 Å². The molecule has 5 heteroatoms. The van der Waals surface area contributed by atoms with Gasteiger partial charge in [-0.3, -0.25) is 4.79 Å². The number of aromatic hydroxyl groups is 1. The summed E-state index contributed by atoms with van der Waals surface area (Å²) in [6.07, 6.45) is 2.01. The van der Waals surface area contributed by atoms with Gasteiger partial charge in [-0.05, 0) is 30.2 Å². The molecule has 1 aromatic carbocycles. The number of nitrogens with one attached hydrogen (secondary N) is 1. The molecule has 0 radical (unpaired) electrons. The van der Waals surface area contributed by atoms with E-state index < -0.39 is 5.91 Å². The molecule has 0 heterocycles. The van der Waals surface area contributed by atoms with E-state index in [0.717, 1.165) is 0 Å². The first-order valence-electron chi connectivity index (χ1n) is 5.93. The highest BCUT2D eigenvalue weighted by Gasteiger charge is 2.13. The molecule has 1 amide bonds. The standard InChI is InChI=1S/C14H16N2O3/c1-2-12(9-17)16-14(19)11(8-15)7-10-3-5-13(18)6-4-10/h3-7,12,17-18H,2,9H2,1H3,(H,16,19)/b11-7+. The third-order valence-electron chi connectivity index (χ3n) is 2.62. The van der Waals surface area contributed by atoms with Gasteiger partial charge >= 0.3 is 0 Å². The van der Waals surface area contributed by atoms with Crippen LogP contribution in [0.2, 0.25) is 0 Å². The Kier molecular flexibility index (Phi) is 5.58. The van der Waals surface area contributed by atoms with Gasteiger partial charge in [0.15, 0.2) is 0 Å². The summed E-state index contributed by atoms with van der Waals surface area (Å²) in [6, 6.07) is 7.61. The summed E-state index contributed by atoms with van der Waals surface area (Å²) in [6.45, 7) is 1.66. The number of rotatable bonds is 5. The van der Waals surface area contributed by atoms with Crippen molar-refractivity contribution in [3.8, 4) is 11.8 Å². The molecule has 1 atom stereocenters. The molecule has 3 N–H and O–H groups in total. The lowest BCUT2D eigenvalue weighted by Crippen LogP contribution is -2.37. The van der Waals surface area contributed by atoms with E-state index in [1.165, 1.54) is 18.2 Å². The number of nitrogens with zero attached hydrogens (tertiary/aromatic N) is 1. The maximum atomic E-state index is 11.8. The van der Waals surface area contributed by atoms with Crippen LogP contribution in [0.5, 0.6) is 5.75 Å². The second-order valence-electron chi connectivity index (χ2n) is 4.02. The molecule has 0 aromatic heterocycles. The van der Waals surface area contributed by atoms with Crippen LogP contribution < -0.4 is 5.32 Å². The zero-order valence-electron chi connectivity index (χ0n) is 10.6. The Hall–Kier alpha value is -2.32. The largest absolute Gasteiger partial charge is 0.508 e. The lowest BCUT2D eigenvalue weighted by molar-refractivity contribution is -0.118. The number of hydrogen-bond donors (Lipinski definition) is 3. The zero-order chi connectivity index (χ0) is 14.3. The third kappa shape index (κ3) is 4.45. The van der Waals surface area contributed by atoms with Crippen LogP contribution in [-0.4, -0.2) is 28.8 Å². The first-order valence-corrected chi connectivity index (χ1v) is 5.93. The second kappa shape index (κ2) is 7.19. The molecular weight excluding hydrogens is 244 g/mol. The van der Waals surface area contributed by atoms with Crippen LogP contribution >= 0.6 is 0 Å². The Labute approximate surface area is 111 Å². The fourth-order valence-corrected chi connectivity index (χ4v) is 1.43. The van der Waals surface area contributed by atoms with Gasteiger partial charge in [0.25, 0.3) is 5.91 Å². The van der Waals surface area contributed by atoms with Crippen molar-refractivity contribution in [2.24, 2.45) is 0 Å². The average molecular weight is 260 g/mol. The topological polar surface area (TPSA) is 93.4 Å². The molecule has 0 fully saturated rings. The molecule has 0 spiro atoms. The van der Waals surface area contributed by atoms with Crippen molar-refractivity contribution >= 4 is 12.0 Å². The van der Waals surface area contributed by atoms with E-state index in [4.69, 9.17) is 15.5 Å². The van der Waals surface area contributed by atoms with Gasteiger partial charge in [0.2, 0.25) is 0 Å². The molecule has 0 saturated carbocycles. The Morgan fingerprint density at radius 2 is 2.11 bits per heavy atom. The molecule has 1 aromatic rings. The summed E-state index contributed by atoms with van der Waals surface area (Å²) < 4.78 is 0. The Morgan fingerprint density at radius 3 is 2.58 bits per heavy atom. The van der Waals surface area contributed by atoms with E-state index in [1.54, 1.807) is 12.1 Å². The minimum absolute atomic E-state index is 0.0439. The van der Waals surface area contributed by atoms with E-state index >= 15 is 0 Å². The van der Waals surface area contributed by atoms with Crippen molar-refractivity contribution in [3.63, 3.8) is 0 Å². The van der Waals surface area contributed by atoms with Gasteiger partial charge in [0.1, 0.15) is 17.4 Å². The molecule has 0 bridgehead atoms. The summed E-state index contributed by atoms with van der Waals surface area (Å²) in [4.78, 5) is 11.8. The van der Waals surface area contributed by atoms with E-state index in [2.05, 4.69) is 5.32 Å². The highest BCUT2D eigenvalue weighted by Crippen LogP contribution is 2.12. The van der Waals surface area contributed by atoms with Crippen molar-refractivity contribution in [2.75, 3.05) is 6.61 Å². The highest BCUT2D eigenvalue weighted by molar-refractivity contribution is 6.01. The summed E-state index contributed by atoms with van der Waals surface area (Å²) in [7, 11) is 0. The Balaban J connectivity index is 2.85. The quantitative estimate of drug-likeness (QED) is 0.547. The van der Waals surface area contributed by atoms with Crippen LogP contribution in [0.25, 0.3) is 6.08 Å². The Bertz CT molecular complexity index is 496. The van der Waals surface area contributed by atoms with Crippen molar-refractivity contribution in [1.29, 1.82) is 5.26 Å². The van der Waals surface area contributed by atoms with Gasteiger partial charge in [-0.15, -0.1) is 0 Å². The molecule has 1 unspecified atom stereocenters. The van der Waals surface area contributed by atoms with E-state index in [9.17, 15) is 4.79 Å². The zero-order valence-corrected chi connectivity index (χ0v) is 10.6. The molecule has 0 aliphatic rings. The fourth-order valence-electron chi connectivity index (χ4n) is 1.43. The lowest BCUT2D eigenvalue weighted by atomic mass is 10.1. The number of phenols is 1. The fraction of sp³-hybridized carbons (Fsp3) is 0.286. The number of phenolic OH excluding ortho intramolecular Hbond substituents is 1. The van der Waals surface area contributed by atoms with Gasteiger partial charge in [-0.25, -0.2) is 0 Å². The normalized spacial score (nSPS) is 12.6. The number of nitriles is 1. The average Bonchev–Trinajstić information content (AvgIpc) is 2.43. The van der Waals surface area contributed by atoms with Gasteiger partial charge in [-0.2, -0.15) is 5.26 Å². The van der Waals surface area contributed by atoms with Gasteiger partial charge < -0.3 is 15.5 Å². The van der Waals surface area contributed by atoms with Crippen molar-refractivity contribution in [3.05, 3.63) is 35.4 Å². The second-order valence-corrected chi connectivity index (χ2v) is 4.02. The number of benzene rings is 1. The lowest BCUT2D eigenvalue weighted by Gasteiger charge is -2.13. The number of amides is 1. The first kappa shape index (κ1) is 14.7. The molecule has 1 rings (SSSR count). The number of aliphatic hydroxyl groups excluding tert-OH is 1. The number of hydrogen-bond acceptors (Lipinski definition) is 4. The molecule has 100 valence electrons.